The maximum Gasteiger partial charge on any atom is 0.248 e. The first kappa shape index (κ1) is 24.0. The number of fused-ring (bicyclic) bond motifs is 1. The number of benzene rings is 1. The maximum absolute atomic E-state index is 13.0. The van der Waals surface area contributed by atoms with Gasteiger partial charge < -0.3 is 24.6 Å². The molecule has 0 unspecified atom stereocenters. The van der Waals surface area contributed by atoms with Crippen molar-refractivity contribution >= 4 is 17.7 Å². The molecule has 0 bridgehead atoms. The van der Waals surface area contributed by atoms with Gasteiger partial charge in [0, 0.05) is 45.8 Å². The van der Waals surface area contributed by atoms with E-state index in [1.54, 1.807) is 16.9 Å². The van der Waals surface area contributed by atoms with Crippen LogP contribution >= 0.6 is 0 Å². The van der Waals surface area contributed by atoms with Gasteiger partial charge in [0.2, 0.25) is 17.7 Å². The van der Waals surface area contributed by atoms with Gasteiger partial charge in [0.1, 0.15) is 12.4 Å². The van der Waals surface area contributed by atoms with E-state index in [0.29, 0.717) is 39.0 Å². The van der Waals surface area contributed by atoms with Crippen LogP contribution in [0.2, 0.25) is 0 Å². The Morgan fingerprint density at radius 3 is 2.50 bits per heavy atom. The van der Waals surface area contributed by atoms with Crippen molar-refractivity contribution in [2.75, 3.05) is 47.0 Å². The fraction of sp³-hybridized carbons (Fsp3) is 0.625. The van der Waals surface area contributed by atoms with Gasteiger partial charge in [0.25, 0.3) is 0 Å². The lowest BCUT2D eigenvalue weighted by atomic mass is 9.82. The van der Waals surface area contributed by atoms with Crippen molar-refractivity contribution in [3.63, 3.8) is 0 Å². The van der Waals surface area contributed by atoms with Crippen LogP contribution < -0.4 is 10.1 Å². The summed E-state index contributed by atoms with van der Waals surface area (Å²) in [5.74, 6) is 0.478. The van der Waals surface area contributed by atoms with Gasteiger partial charge in [0.15, 0.2) is 0 Å². The summed E-state index contributed by atoms with van der Waals surface area (Å²) in [6.07, 6.45) is 4.59. The topological polar surface area (TPSA) is 88.2 Å². The van der Waals surface area contributed by atoms with E-state index >= 15 is 0 Å². The van der Waals surface area contributed by atoms with Gasteiger partial charge in [0.05, 0.1) is 13.0 Å². The zero-order chi connectivity index (χ0) is 22.9. The van der Waals surface area contributed by atoms with E-state index < -0.39 is 0 Å². The molecule has 3 amide bonds. The fourth-order valence-corrected chi connectivity index (χ4v) is 4.71. The standard InChI is InChI=1S/C24H35N3O5/c1-31-17-23(29)27-16-15-26(14-13-25-24(30)20-5-3-4-6-21(20)27)22(28)12-9-18-7-10-19(32-2)11-8-18/h7-8,10-11,20-21H,3-6,9,12-17H2,1-2H3,(H,25,30)/t20-,21+/m0/s1. The lowest BCUT2D eigenvalue weighted by Crippen LogP contribution is -2.56. The van der Waals surface area contributed by atoms with E-state index in [4.69, 9.17) is 9.47 Å². The zero-order valence-electron chi connectivity index (χ0n) is 19.2. The third-order valence-electron chi connectivity index (χ3n) is 6.49. The minimum Gasteiger partial charge on any atom is -0.497 e. The largest absolute Gasteiger partial charge is 0.497 e. The highest BCUT2D eigenvalue weighted by Gasteiger charge is 2.37. The number of carbonyl (C=O) groups excluding carboxylic acids is 3. The molecule has 0 radical (unpaired) electrons. The highest BCUT2D eigenvalue weighted by Crippen LogP contribution is 2.29. The zero-order valence-corrected chi connectivity index (χ0v) is 19.2. The van der Waals surface area contributed by atoms with Crippen molar-refractivity contribution in [1.82, 2.24) is 15.1 Å². The number of rotatable bonds is 6. The van der Waals surface area contributed by atoms with Crippen LogP contribution in [0.15, 0.2) is 24.3 Å². The number of ether oxygens (including phenoxy) is 2. The molecule has 2 aliphatic rings. The Morgan fingerprint density at radius 1 is 1.03 bits per heavy atom. The van der Waals surface area contributed by atoms with Gasteiger partial charge >= 0.3 is 0 Å². The Hall–Kier alpha value is -2.61. The average Bonchev–Trinajstić information content (AvgIpc) is 2.82. The third-order valence-corrected chi connectivity index (χ3v) is 6.49. The van der Waals surface area contributed by atoms with Gasteiger partial charge in [-0.3, -0.25) is 14.4 Å². The van der Waals surface area contributed by atoms with E-state index in [0.717, 1.165) is 37.0 Å². The van der Waals surface area contributed by atoms with Crippen LogP contribution in [0.25, 0.3) is 0 Å². The number of nitrogens with zero attached hydrogens (tertiary/aromatic N) is 2. The number of amides is 3. The highest BCUT2D eigenvalue weighted by molar-refractivity contribution is 5.83. The molecule has 1 aliphatic carbocycles. The van der Waals surface area contributed by atoms with Crippen molar-refractivity contribution in [3.05, 3.63) is 29.8 Å². The molecule has 1 saturated carbocycles. The normalized spacial score (nSPS) is 22.0. The molecule has 1 aromatic carbocycles. The van der Waals surface area contributed by atoms with E-state index in [1.807, 2.05) is 24.3 Å². The minimum absolute atomic E-state index is 0.0163. The number of aryl methyl sites for hydroxylation is 1. The van der Waals surface area contributed by atoms with E-state index in [-0.39, 0.29) is 36.3 Å². The Bertz CT molecular complexity index is 782. The van der Waals surface area contributed by atoms with E-state index in [9.17, 15) is 14.4 Å². The molecule has 2 fully saturated rings. The molecular weight excluding hydrogens is 410 g/mol. The minimum atomic E-state index is -0.193. The van der Waals surface area contributed by atoms with Gasteiger partial charge in [-0.25, -0.2) is 0 Å². The van der Waals surface area contributed by atoms with E-state index in [2.05, 4.69) is 5.32 Å². The van der Waals surface area contributed by atoms with Crippen LogP contribution in [-0.2, 0) is 25.5 Å². The lowest BCUT2D eigenvalue weighted by Gasteiger charge is -2.41. The second-order valence-corrected chi connectivity index (χ2v) is 8.50. The van der Waals surface area contributed by atoms with Gasteiger partial charge in [-0.05, 0) is 37.0 Å². The summed E-state index contributed by atoms with van der Waals surface area (Å²) in [6, 6.07) is 7.56. The second kappa shape index (κ2) is 11.9. The summed E-state index contributed by atoms with van der Waals surface area (Å²) < 4.78 is 10.3. The smallest absolute Gasteiger partial charge is 0.248 e. The van der Waals surface area contributed by atoms with Gasteiger partial charge in [-0.1, -0.05) is 25.0 Å². The van der Waals surface area contributed by atoms with Crippen LogP contribution in [0.3, 0.4) is 0 Å². The highest BCUT2D eigenvalue weighted by atomic mass is 16.5. The summed E-state index contributed by atoms with van der Waals surface area (Å²) in [6.45, 7) is 1.73. The lowest BCUT2D eigenvalue weighted by molar-refractivity contribution is -0.144. The molecule has 0 spiro atoms. The van der Waals surface area contributed by atoms with Crippen LogP contribution in [-0.4, -0.2) is 80.6 Å². The van der Waals surface area contributed by atoms with Gasteiger partial charge in [-0.15, -0.1) is 0 Å². The van der Waals surface area contributed by atoms with Crippen molar-refractivity contribution in [1.29, 1.82) is 0 Å². The molecule has 1 saturated heterocycles. The third kappa shape index (κ3) is 6.22. The predicted octanol–water partition coefficient (Wildman–Crippen LogP) is 1.62. The molecule has 8 nitrogen and oxygen atoms in total. The first-order chi connectivity index (χ1) is 15.5. The molecule has 0 aromatic heterocycles. The molecule has 1 N–H and O–H groups in total. The second-order valence-electron chi connectivity index (χ2n) is 8.50. The Morgan fingerprint density at radius 2 is 1.78 bits per heavy atom. The van der Waals surface area contributed by atoms with Gasteiger partial charge in [-0.2, -0.15) is 0 Å². The maximum atomic E-state index is 13.0. The summed E-state index contributed by atoms with van der Waals surface area (Å²) >= 11 is 0. The van der Waals surface area contributed by atoms with E-state index in [1.165, 1.54) is 7.11 Å². The Kier molecular flexibility index (Phi) is 8.90. The summed E-state index contributed by atoms with van der Waals surface area (Å²) in [7, 11) is 3.12. The summed E-state index contributed by atoms with van der Waals surface area (Å²) in [5, 5.41) is 3.00. The van der Waals surface area contributed by atoms with Crippen molar-refractivity contribution in [3.8, 4) is 5.75 Å². The fourth-order valence-electron chi connectivity index (χ4n) is 4.71. The van der Waals surface area contributed by atoms with Crippen LogP contribution in [0.4, 0.5) is 0 Å². The first-order valence-electron chi connectivity index (χ1n) is 11.5. The SMILES string of the molecule is COCC(=O)N1CCN(C(=O)CCc2ccc(OC)cc2)CCNC(=O)[C@H]2CCCC[C@H]21. The summed E-state index contributed by atoms with van der Waals surface area (Å²) in [4.78, 5) is 42.2. The molecule has 1 aromatic rings. The average molecular weight is 446 g/mol. The molecule has 32 heavy (non-hydrogen) atoms. The van der Waals surface area contributed by atoms with Crippen LogP contribution in [0, 0.1) is 5.92 Å². The Balaban J connectivity index is 1.67. The molecular formula is C24H35N3O5. The molecule has 1 aliphatic heterocycles. The Labute approximate surface area is 190 Å². The van der Waals surface area contributed by atoms with Crippen molar-refractivity contribution in [2.24, 2.45) is 5.92 Å². The first-order valence-corrected chi connectivity index (χ1v) is 11.5. The number of carbonyl (C=O) groups is 3. The number of methoxy groups -OCH3 is 2. The van der Waals surface area contributed by atoms with Crippen LogP contribution in [0.1, 0.15) is 37.7 Å². The molecule has 176 valence electrons. The molecule has 2 atom stereocenters. The monoisotopic (exact) mass is 445 g/mol. The number of hydrogen-bond donors (Lipinski definition) is 1. The molecule has 1 heterocycles. The van der Waals surface area contributed by atoms with Crippen molar-refractivity contribution in [2.45, 2.75) is 44.6 Å². The number of nitrogens with one attached hydrogen (secondary N) is 1. The van der Waals surface area contributed by atoms with Crippen LogP contribution in [0.5, 0.6) is 5.75 Å². The predicted molar refractivity (Wildman–Crippen MR) is 120 cm³/mol. The quantitative estimate of drug-likeness (QED) is 0.719. The van der Waals surface area contributed by atoms with Crippen molar-refractivity contribution < 1.29 is 23.9 Å². The molecule has 8 heteroatoms. The summed E-state index contributed by atoms with van der Waals surface area (Å²) in [5.41, 5.74) is 1.07. The number of hydrogen-bond acceptors (Lipinski definition) is 5. The molecule has 3 rings (SSSR count).